The Morgan fingerprint density at radius 3 is 2.68 bits per heavy atom. The third kappa shape index (κ3) is 2.27. The lowest BCUT2D eigenvalue weighted by Crippen LogP contribution is -2.37. The molecule has 4 nitrogen and oxygen atoms in total. The molecule has 0 unspecified atom stereocenters. The topological polar surface area (TPSA) is 41.9 Å². The first kappa shape index (κ1) is 12.3. The summed E-state index contributed by atoms with van der Waals surface area (Å²) >= 11 is 0. The summed E-state index contributed by atoms with van der Waals surface area (Å²) in [5.74, 6) is -0.267. The van der Waals surface area contributed by atoms with Gasteiger partial charge in [0.25, 0.3) is 0 Å². The normalized spacial score (nSPS) is 20.8. The molecule has 0 radical (unpaired) electrons. The molecule has 1 saturated heterocycles. The average Bonchev–Trinajstić information content (AvgIpc) is 3.21. The van der Waals surface area contributed by atoms with Crippen LogP contribution < -0.4 is 4.90 Å². The SMILES string of the molecule is O=C=NC1(c2ccc(F)cc2N2CCOCC2)CC1. The number of anilines is 1. The number of hydrogen-bond acceptors (Lipinski definition) is 4. The monoisotopic (exact) mass is 262 g/mol. The molecular weight excluding hydrogens is 247 g/mol. The Bertz CT molecular complexity index is 530. The van der Waals surface area contributed by atoms with E-state index in [0.29, 0.717) is 13.2 Å². The van der Waals surface area contributed by atoms with Gasteiger partial charge in [0.2, 0.25) is 6.08 Å². The van der Waals surface area contributed by atoms with Gasteiger partial charge in [0.05, 0.1) is 13.2 Å². The maximum atomic E-state index is 13.5. The fraction of sp³-hybridized carbons (Fsp3) is 0.500. The zero-order valence-corrected chi connectivity index (χ0v) is 10.6. The van der Waals surface area contributed by atoms with E-state index in [1.54, 1.807) is 12.1 Å². The molecule has 3 rings (SSSR count). The highest BCUT2D eigenvalue weighted by atomic mass is 19.1. The fourth-order valence-corrected chi connectivity index (χ4v) is 2.61. The molecule has 2 fully saturated rings. The highest BCUT2D eigenvalue weighted by molar-refractivity contribution is 5.60. The summed E-state index contributed by atoms with van der Waals surface area (Å²) in [6.07, 6.45) is 3.30. The van der Waals surface area contributed by atoms with E-state index in [4.69, 9.17) is 4.74 Å². The van der Waals surface area contributed by atoms with Gasteiger partial charge in [0, 0.05) is 24.3 Å². The van der Waals surface area contributed by atoms with Gasteiger partial charge in [-0.05, 0) is 25.0 Å². The van der Waals surface area contributed by atoms with Crippen molar-refractivity contribution in [2.24, 2.45) is 4.99 Å². The predicted octanol–water partition coefficient (Wildman–Crippen LogP) is 1.99. The minimum atomic E-state index is -0.469. The molecule has 1 aliphatic heterocycles. The minimum Gasteiger partial charge on any atom is -0.378 e. The third-order valence-corrected chi connectivity index (χ3v) is 3.80. The highest BCUT2D eigenvalue weighted by Crippen LogP contribution is 2.52. The molecule has 0 aromatic heterocycles. The zero-order chi connectivity index (χ0) is 13.3. The summed E-state index contributed by atoms with van der Waals surface area (Å²) in [5.41, 5.74) is 1.29. The highest BCUT2D eigenvalue weighted by Gasteiger charge is 2.47. The number of rotatable bonds is 3. The number of morpholine rings is 1. The molecule has 1 aromatic rings. The second-order valence-electron chi connectivity index (χ2n) is 5.00. The lowest BCUT2D eigenvalue weighted by Gasteiger charge is -2.31. The van der Waals surface area contributed by atoms with Gasteiger partial charge in [0.1, 0.15) is 11.4 Å². The summed E-state index contributed by atoms with van der Waals surface area (Å²) in [7, 11) is 0. The number of benzene rings is 1. The molecule has 0 atom stereocenters. The predicted molar refractivity (Wildman–Crippen MR) is 68.5 cm³/mol. The summed E-state index contributed by atoms with van der Waals surface area (Å²) in [6, 6.07) is 4.70. The summed E-state index contributed by atoms with van der Waals surface area (Å²) in [6.45, 7) is 2.74. The molecule has 1 saturated carbocycles. The van der Waals surface area contributed by atoms with Gasteiger partial charge >= 0.3 is 0 Å². The van der Waals surface area contributed by atoms with Gasteiger partial charge in [-0.1, -0.05) is 6.07 Å². The summed E-state index contributed by atoms with van der Waals surface area (Å²) in [5, 5.41) is 0. The van der Waals surface area contributed by atoms with Crippen molar-refractivity contribution in [3.63, 3.8) is 0 Å². The molecule has 0 amide bonds. The van der Waals surface area contributed by atoms with Gasteiger partial charge in [-0.25, -0.2) is 9.18 Å². The van der Waals surface area contributed by atoms with Crippen molar-refractivity contribution in [3.05, 3.63) is 29.6 Å². The van der Waals surface area contributed by atoms with Gasteiger partial charge in [0.15, 0.2) is 0 Å². The van der Waals surface area contributed by atoms with Crippen molar-refractivity contribution in [3.8, 4) is 0 Å². The van der Waals surface area contributed by atoms with Crippen LogP contribution in [0.25, 0.3) is 0 Å². The number of hydrogen-bond donors (Lipinski definition) is 0. The molecule has 1 aliphatic carbocycles. The van der Waals surface area contributed by atoms with Crippen LogP contribution in [-0.2, 0) is 15.1 Å². The Balaban J connectivity index is 2.01. The zero-order valence-electron chi connectivity index (χ0n) is 10.6. The van der Waals surface area contributed by atoms with Crippen LogP contribution in [0.3, 0.4) is 0 Å². The van der Waals surface area contributed by atoms with E-state index in [1.807, 2.05) is 0 Å². The smallest absolute Gasteiger partial charge is 0.235 e. The van der Waals surface area contributed by atoms with Crippen LogP contribution in [0.1, 0.15) is 18.4 Å². The molecule has 0 spiro atoms. The van der Waals surface area contributed by atoms with Crippen molar-refractivity contribution in [1.82, 2.24) is 0 Å². The first-order chi connectivity index (χ1) is 9.25. The van der Waals surface area contributed by atoms with E-state index in [9.17, 15) is 9.18 Å². The molecule has 0 bridgehead atoms. The maximum absolute atomic E-state index is 13.5. The molecule has 1 heterocycles. The molecule has 19 heavy (non-hydrogen) atoms. The quantitative estimate of drug-likeness (QED) is 0.618. The van der Waals surface area contributed by atoms with Crippen LogP contribution >= 0.6 is 0 Å². The van der Waals surface area contributed by atoms with Crippen LogP contribution in [0, 0.1) is 5.82 Å². The summed E-state index contributed by atoms with van der Waals surface area (Å²) < 4.78 is 18.8. The van der Waals surface area contributed by atoms with Crippen LogP contribution in [0.15, 0.2) is 23.2 Å². The second kappa shape index (κ2) is 4.76. The van der Waals surface area contributed by atoms with Crippen LogP contribution in [0.2, 0.25) is 0 Å². The number of ether oxygens (including phenoxy) is 1. The number of halogens is 1. The lowest BCUT2D eigenvalue weighted by atomic mass is 10.0. The molecule has 0 N–H and O–H groups in total. The maximum Gasteiger partial charge on any atom is 0.235 e. The van der Waals surface area contributed by atoms with E-state index in [1.165, 1.54) is 12.1 Å². The van der Waals surface area contributed by atoms with Crippen molar-refractivity contribution in [1.29, 1.82) is 0 Å². The standard InChI is InChI=1S/C14H15FN2O2/c15-11-1-2-12(14(3-4-14)16-10-18)13(9-11)17-5-7-19-8-6-17/h1-2,9H,3-8H2. The van der Waals surface area contributed by atoms with E-state index in [-0.39, 0.29) is 5.82 Å². The van der Waals surface area contributed by atoms with Gasteiger partial charge in [-0.15, -0.1) is 0 Å². The molecule has 100 valence electrons. The van der Waals surface area contributed by atoms with Crippen LogP contribution in [-0.4, -0.2) is 32.4 Å². The van der Waals surface area contributed by atoms with Gasteiger partial charge in [-0.2, -0.15) is 4.99 Å². The number of carbonyl (C=O) groups excluding carboxylic acids is 1. The Morgan fingerprint density at radius 2 is 2.05 bits per heavy atom. The van der Waals surface area contributed by atoms with Crippen molar-refractivity contribution < 1.29 is 13.9 Å². The number of nitrogens with zero attached hydrogens (tertiary/aromatic N) is 2. The van der Waals surface area contributed by atoms with E-state index >= 15 is 0 Å². The molecule has 2 aliphatic rings. The Morgan fingerprint density at radius 1 is 1.32 bits per heavy atom. The molecular formula is C14H15FN2O2. The van der Waals surface area contributed by atoms with E-state index in [2.05, 4.69) is 9.89 Å². The van der Waals surface area contributed by atoms with Crippen LogP contribution in [0.5, 0.6) is 0 Å². The minimum absolute atomic E-state index is 0.267. The van der Waals surface area contributed by atoms with Gasteiger partial charge in [-0.3, -0.25) is 0 Å². The fourth-order valence-electron chi connectivity index (χ4n) is 2.61. The largest absolute Gasteiger partial charge is 0.378 e. The second-order valence-corrected chi connectivity index (χ2v) is 5.00. The number of isocyanates is 1. The Hall–Kier alpha value is -1.71. The Labute approximate surface area is 110 Å². The molecule has 1 aromatic carbocycles. The molecule has 5 heteroatoms. The Kier molecular flexibility index (Phi) is 3.09. The van der Waals surface area contributed by atoms with E-state index < -0.39 is 5.54 Å². The lowest BCUT2D eigenvalue weighted by molar-refractivity contribution is 0.122. The van der Waals surface area contributed by atoms with Crippen LogP contribution in [0.4, 0.5) is 10.1 Å². The van der Waals surface area contributed by atoms with Crippen molar-refractivity contribution in [2.45, 2.75) is 18.4 Å². The first-order valence-corrected chi connectivity index (χ1v) is 6.47. The first-order valence-electron chi connectivity index (χ1n) is 6.47. The number of aliphatic imine (C=N–C) groups is 1. The summed E-state index contributed by atoms with van der Waals surface area (Å²) in [4.78, 5) is 16.6. The van der Waals surface area contributed by atoms with Gasteiger partial charge < -0.3 is 9.64 Å². The van der Waals surface area contributed by atoms with E-state index in [0.717, 1.165) is 37.2 Å². The van der Waals surface area contributed by atoms with Crippen molar-refractivity contribution in [2.75, 3.05) is 31.2 Å². The third-order valence-electron chi connectivity index (χ3n) is 3.80. The van der Waals surface area contributed by atoms with Crippen molar-refractivity contribution >= 4 is 11.8 Å². The average molecular weight is 262 g/mol.